The van der Waals surface area contributed by atoms with E-state index >= 15 is 0 Å². The molecule has 1 nitrogen and oxygen atoms in total. The van der Waals surface area contributed by atoms with Gasteiger partial charge in [0.1, 0.15) is 0 Å². The summed E-state index contributed by atoms with van der Waals surface area (Å²) in [6.07, 6.45) is 3.98. The van der Waals surface area contributed by atoms with Gasteiger partial charge in [0.05, 0.1) is 0 Å². The van der Waals surface area contributed by atoms with Crippen molar-refractivity contribution in [2.24, 2.45) is 0 Å². The van der Waals surface area contributed by atoms with Crippen molar-refractivity contribution in [1.29, 1.82) is 0 Å². The van der Waals surface area contributed by atoms with Crippen molar-refractivity contribution in [1.82, 2.24) is 5.32 Å². The molecule has 0 spiro atoms. The Balaban J connectivity index is 1.78. The summed E-state index contributed by atoms with van der Waals surface area (Å²) in [5, 5.41) is 5.25. The number of halogens is 1. The molecule has 1 saturated carbocycles. The summed E-state index contributed by atoms with van der Waals surface area (Å²) in [7, 11) is 0. The summed E-state index contributed by atoms with van der Waals surface area (Å²) in [6.45, 7) is 3.27. The summed E-state index contributed by atoms with van der Waals surface area (Å²) in [6, 6.07) is 8.91. The van der Waals surface area contributed by atoms with Crippen molar-refractivity contribution in [2.45, 2.75) is 43.2 Å². The topological polar surface area (TPSA) is 12.0 Å². The molecule has 0 radical (unpaired) electrons. The van der Waals surface area contributed by atoms with Gasteiger partial charge in [-0.3, -0.25) is 0 Å². The van der Waals surface area contributed by atoms with E-state index in [4.69, 9.17) is 11.6 Å². The molecule has 1 aliphatic carbocycles. The molecule has 0 aromatic heterocycles. The van der Waals surface area contributed by atoms with Crippen LogP contribution in [0.15, 0.2) is 24.3 Å². The predicted molar refractivity (Wildman–Crippen MR) is 77.9 cm³/mol. The van der Waals surface area contributed by atoms with E-state index in [0.717, 1.165) is 28.6 Å². The van der Waals surface area contributed by atoms with Crippen molar-refractivity contribution in [3.63, 3.8) is 0 Å². The van der Waals surface area contributed by atoms with Crippen LogP contribution in [0.25, 0.3) is 0 Å². The maximum Gasteiger partial charge on any atom is 0.0446 e. The van der Waals surface area contributed by atoms with Gasteiger partial charge in [0.2, 0.25) is 0 Å². The van der Waals surface area contributed by atoms with Gasteiger partial charge in [-0.1, -0.05) is 36.7 Å². The first-order valence-corrected chi connectivity index (χ1v) is 7.80. The smallest absolute Gasteiger partial charge is 0.0446 e. The monoisotopic (exact) mass is 269 g/mol. The molecule has 0 aliphatic heterocycles. The van der Waals surface area contributed by atoms with Crippen molar-refractivity contribution in [3.8, 4) is 0 Å². The SMILES string of the molecule is CCNC1CCC(SCc2ccccc2Cl)C1. The lowest BCUT2D eigenvalue weighted by molar-refractivity contribution is 0.543. The maximum atomic E-state index is 6.16. The quantitative estimate of drug-likeness (QED) is 0.864. The van der Waals surface area contributed by atoms with E-state index in [1.54, 1.807) is 0 Å². The van der Waals surface area contributed by atoms with E-state index in [9.17, 15) is 0 Å². The molecule has 2 rings (SSSR count). The van der Waals surface area contributed by atoms with Gasteiger partial charge in [0.25, 0.3) is 0 Å². The van der Waals surface area contributed by atoms with Gasteiger partial charge in [0, 0.05) is 22.1 Å². The van der Waals surface area contributed by atoms with Crippen LogP contribution in [0, 0.1) is 0 Å². The minimum absolute atomic E-state index is 0.740. The first-order valence-electron chi connectivity index (χ1n) is 6.38. The third-order valence-electron chi connectivity index (χ3n) is 3.31. The summed E-state index contributed by atoms with van der Waals surface area (Å²) < 4.78 is 0. The summed E-state index contributed by atoms with van der Waals surface area (Å²) >= 11 is 8.22. The molecule has 1 aromatic rings. The van der Waals surface area contributed by atoms with Crippen LogP contribution in [-0.2, 0) is 5.75 Å². The highest BCUT2D eigenvalue weighted by molar-refractivity contribution is 7.99. The van der Waals surface area contributed by atoms with Crippen LogP contribution in [0.3, 0.4) is 0 Å². The molecule has 1 aromatic carbocycles. The van der Waals surface area contributed by atoms with E-state index in [0.29, 0.717) is 0 Å². The highest BCUT2D eigenvalue weighted by Gasteiger charge is 2.24. The fraction of sp³-hybridized carbons (Fsp3) is 0.571. The average molecular weight is 270 g/mol. The molecule has 1 aliphatic rings. The standard InChI is InChI=1S/C14H20ClNS/c1-2-16-12-7-8-13(9-12)17-10-11-5-3-4-6-14(11)15/h3-6,12-13,16H,2,7-10H2,1H3. The van der Waals surface area contributed by atoms with Gasteiger partial charge in [-0.15, -0.1) is 0 Å². The maximum absolute atomic E-state index is 6.16. The zero-order chi connectivity index (χ0) is 12.1. The van der Waals surface area contributed by atoms with Crippen LogP contribution in [0.1, 0.15) is 31.7 Å². The molecule has 94 valence electrons. The Bertz CT molecular complexity index is 356. The Morgan fingerprint density at radius 2 is 2.18 bits per heavy atom. The van der Waals surface area contributed by atoms with E-state index in [2.05, 4.69) is 36.1 Å². The number of benzene rings is 1. The Morgan fingerprint density at radius 3 is 2.94 bits per heavy atom. The number of rotatable bonds is 5. The molecule has 17 heavy (non-hydrogen) atoms. The highest BCUT2D eigenvalue weighted by atomic mass is 35.5. The van der Waals surface area contributed by atoms with Crippen molar-refractivity contribution in [2.75, 3.05) is 6.54 Å². The fourth-order valence-electron chi connectivity index (χ4n) is 2.39. The molecule has 1 fully saturated rings. The number of hydrogen-bond donors (Lipinski definition) is 1. The van der Waals surface area contributed by atoms with Gasteiger partial charge in [0.15, 0.2) is 0 Å². The number of hydrogen-bond acceptors (Lipinski definition) is 2. The average Bonchev–Trinajstić information content (AvgIpc) is 2.76. The Labute approximate surface area is 113 Å². The van der Waals surface area contributed by atoms with Gasteiger partial charge < -0.3 is 5.32 Å². The van der Waals surface area contributed by atoms with Crippen LogP contribution in [0.2, 0.25) is 5.02 Å². The van der Waals surface area contributed by atoms with Gasteiger partial charge in [-0.05, 0) is 37.4 Å². The minimum atomic E-state index is 0.740. The predicted octanol–water partition coefficient (Wildman–Crippen LogP) is 4.10. The molecule has 0 amide bonds. The second-order valence-corrected chi connectivity index (χ2v) is 6.29. The van der Waals surface area contributed by atoms with Crippen LogP contribution >= 0.6 is 23.4 Å². The molecule has 3 heteroatoms. The summed E-state index contributed by atoms with van der Waals surface area (Å²) in [5.41, 5.74) is 1.27. The molecule has 0 bridgehead atoms. The van der Waals surface area contributed by atoms with Crippen molar-refractivity contribution in [3.05, 3.63) is 34.9 Å². The zero-order valence-corrected chi connectivity index (χ0v) is 11.9. The largest absolute Gasteiger partial charge is 0.314 e. The number of nitrogens with one attached hydrogen (secondary N) is 1. The lowest BCUT2D eigenvalue weighted by Gasteiger charge is -2.12. The lowest BCUT2D eigenvalue weighted by atomic mass is 10.2. The normalized spacial score (nSPS) is 24.1. The Morgan fingerprint density at radius 1 is 1.35 bits per heavy atom. The van der Waals surface area contributed by atoms with E-state index in [-0.39, 0.29) is 0 Å². The molecular formula is C14H20ClNS. The van der Waals surface area contributed by atoms with Crippen LogP contribution in [0.4, 0.5) is 0 Å². The van der Waals surface area contributed by atoms with Crippen molar-refractivity contribution >= 4 is 23.4 Å². The van der Waals surface area contributed by atoms with Gasteiger partial charge in [-0.2, -0.15) is 11.8 Å². The van der Waals surface area contributed by atoms with E-state index < -0.39 is 0 Å². The second-order valence-electron chi connectivity index (χ2n) is 4.59. The summed E-state index contributed by atoms with van der Waals surface area (Å²) in [5.74, 6) is 1.04. The van der Waals surface area contributed by atoms with Crippen LogP contribution in [-0.4, -0.2) is 17.8 Å². The molecule has 2 unspecified atom stereocenters. The third-order valence-corrected chi connectivity index (χ3v) is 5.06. The summed E-state index contributed by atoms with van der Waals surface area (Å²) in [4.78, 5) is 0. The molecule has 1 N–H and O–H groups in total. The molecule has 0 heterocycles. The minimum Gasteiger partial charge on any atom is -0.314 e. The second kappa shape index (κ2) is 6.67. The van der Waals surface area contributed by atoms with Gasteiger partial charge >= 0.3 is 0 Å². The Kier molecular flexibility index (Phi) is 5.20. The van der Waals surface area contributed by atoms with E-state index in [1.165, 1.54) is 24.8 Å². The van der Waals surface area contributed by atoms with E-state index in [1.807, 2.05) is 12.1 Å². The molecular weight excluding hydrogens is 250 g/mol. The fourth-order valence-corrected chi connectivity index (χ4v) is 4.01. The third kappa shape index (κ3) is 3.90. The molecule has 0 saturated heterocycles. The van der Waals surface area contributed by atoms with Crippen LogP contribution < -0.4 is 5.32 Å². The Hall–Kier alpha value is -0.180. The zero-order valence-electron chi connectivity index (χ0n) is 10.3. The molecule has 2 atom stereocenters. The highest BCUT2D eigenvalue weighted by Crippen LogP contribution is 2.33. The first-order chi connectivity index (χ1) is 8.29. The van der Waals surface area contributed by atoms with Crippen molar-refractivity contribution < 1.29 is 0 Å². The van der Waals surface area contributed by atoms with Gasteiger partial charge in [-0.25, -0.2) is 0 Å². The first kappa shape index (κ1) is 13.3. The lowest BCUT2D eigenvalue weighted by Crippen LogP contribution is -2.26. The number of thioether (sulfide) groups is 1. The van der Waals surface area contributed by atoms with Crippen LogP contribution in [0.5, 0.6) is 0 Å².